The lowest BCUT2D eigenvalue weighted by Gasteiger charge is -2.21. The molecule has 2 rings (SSSR count). The predicted molar refractivity (Wildman–Crippen MR) is 67.7 cm³/mol. The minimum Gasteiger partial charge on any atom is -0.478 e. The first-order valence-corrected chi connectivity index (χ1v) is 6.29. The molecule has 1 fully saturated rings. The minimum absolute atomic E-state index is 0.0450. The van der Waals surface area contributed by atoms with Gasteiger partial charge in [0.1, 0.15) is 5.69 Å². The molecule has 1 aliphatic carbocycles. The Bertz CT molecular complexity index is 428. The average Bonchev–Trinajstić information content (AvgIpc) is 2.38. The normalized spacial score (nSPS) is 16.4. The molecule has 98 valence electrons. The summed E-state index contributed by atoms with van der Waals surface area (Å²) in [5, 5.41) is 8.94. The highest BCUT2D eigenvalue weighted by Gasteiger charge is 2.17. The Hall–Kier alpha value is -1.78. The lowest BCUT2D eigenvalue weighted by atomic mass is 9.90. The molecule has 1 aromatic rings. The molecule has 0 atom stereocenters. The van der Waals surface area contributed by atoms with Gasteiger partial charge in [-0.3, -0.25) is 0 Å². The lowest BCUT2D eigenvalue weighted by Crippen LogP contribution is -2.17. The van der Waals surface area contributed by atoms with Gasteiger partial charge in [0.2, 0.25) is 5.88 Å². The number of nitrogens with zero attached hydrogens (tertiary/aromatic N) is 1. The summed E-state index contributed by atoms with van der Waals surface area (Å²) in [5.41, 5.74) is 5.89. The van der Waals surface area contributed by atoms with Gasteiger partial charge >= 0.3 is 5.97 Å². The van der Waals surface area contributed by atoms with Crippen LogP contribution in [0, 0.1) is 5.92 Å². The predicted octanol–water partition coefficient (Wildman–Crippen LogP) is 2.32. The van der Waals surface area contributed by atoms with E-state index >= 15 is 0 Å². The van der Waals surface area contributed by atoms with Crippen molar-refractivity contribution in [2.24, 2.45) is 5.92 Å². The van der Waals surface area contributed by atoms with Crippen molar-refractivity contribution in [3.63, 3.8) is 0 Å². The van der Waals surface area contributed by atoms with Crippen molar-refractivity contribution in [1.29, 1.82) is 0 Å². The number of hydrogen-bond donors (Lipinski definition) is 2. The Morgan fingerprint density at radius 2 is 2.17 bits per heavy atom. The largest absolute Gasteiger partial charge is 0.478 e. The van der Waals surface area contributed by atoms with Gasteiger partial charge < -0.3 is 15.6 Å². The summed E-state index contributed by atoms with van der Waals surface area (Å²) in [5.74, 6) is -0.286. The van der Waals surface area contributed by atoms with Gasteiger partial charge in [0.15, 0.2) is 0 Å². The number of carboxylic acids is 1. The van der Waals surface area contributed by atoms with E-state index in [1.807, 2.05) is 0 Å². The highest BCUT2D eigenvalue weighted by Crippen LogP contribution is 2.27. The number of aromatic carboxylic acids is 1. The lowest BCUT2D eigenvalue weighted by molar-refractivity contribution is 0.0697. The molecular weight excluding hydrogens is 232 g/mol. The van der Waals surface area contributed by atoms with E-state index in [4.69, 9.17) is 15.6 Å². The standard InChI is InChI=1S/C13H18N2O3/c14-11-10(13(16)17)6-7-15-12(11)18-8-9-4-2-1-3-5-9/h6-7,9H,1-5,8,14H2,(H,16,17). The van der Waals surface area contributed by atoms with Crippen molar-refractivity contribution in [2.45, 2.75) is 32.1 Å². The Morgan fingerprint density at radius 1 is 1.44 bits per heavy atom. The number of carboxylic acid groups (broad SMARTS) is 1. The molecule has 5 nitrogen and oxygen atoms in total. The molecule has 5 heteroatoms. The number of aromatic nitrogens is 1. The molecular formula is C13H18N2O3. The van der Waals surface area contributed by atoms with E-state index in [9.17, 15) is 4.79 Å². The number of nitrogens with two attached hydrogens (primary N) is 1. The van der Waals surface area contributed by atoms with Gasteiger partial charge in [-0.1, -0.05) is 19.3 Å². The van der Waals surface area contributed by atoms with Crippen LogP contribution in [0.4, 0.5) is 5.69 Å². The van der Waals surface area contributed by atoms with Crippen LogP contribution < -0.4 is 10.5 Å². The second kappa shape index (κ2) is 5.71. The second-order valence-electron chi connectivity index (χ2n) is 4.70. The molecule has 1 aromatic heterocycles. The van der Waals surface area contributed by atoms with Gasteiger partial charge in [-0.15, -0.1) is 0 Å². The highest BCUT2D eigenvalue weighted by atomic mass is 16.5. The van der Waals surface area contributed by atoms with E-state index in [0.29, 0.717) is 12.5 Å². The van der Waals surface area contributed by atoms with Crippen LogP contribution in [0.5, 0.6) is 5.88 Å². The van der Waals surface area contributed by atoms with Crippen molar-refractivity contribution in [3.05, 3.63) is 17.8 Å². The number of rotatable bonds is 4. The van der Waals surface area contributed by atoms with E-state index in [-0.39, 0.29) is 17.1 Å². The van der Waals surface area contributed by atoms with Gasteiger partial charge in [-0.05, 0) is 24.8 Å². The molecule has 0 spiro atoms. The topological polar surface area (TPSA) is 85.4 Å². The zero-order valence-electron chi connectivity index (χ0n) is 10.3. The third kappa shape index (κ3) is 2.91. The summed E-state index contributed by atoms with van der Waals surface area (Å²) < 4.78 is 5.57. The van der Waals surface area contributed by atoms with Crippen LogP contribution in [0.3, 0.4) is 0 Å². The second-order valence-corrected chi connectivity index (χ2v) is 4.70. The third-order valence-electron chi connectivity index (χ3n) is 3.36. The van der Waals surface area contributed by atoms with Gasteiger partial charge in [0.25, 0.3) is 0 Å². The fourth-order valence-electron chi connectivity index (χ4n) is 2.31. The molecule has 0 bridgehead atoms. The number of anilines is 1. The van der Waals surface area contributed by atoms with Gasteiger partial charge in [0, 0.05) is 6.20 Å². The van der Waals surface area contributed by atoms with Crippen molar-refractivity contribution in [3.8, 4) is 5.88 Å². The van der Waals surface area contributed by atoms with E-state index < -0.39 is 5.97 Å². The van der Waals surface area contributed by atoms with Crippen LogP contribution in [0.1, 0.15) is 42.5 Å². The van der Waals surface area contributed by atoms with Crippen LogP contribution in [0.15, 0.2) is 12.3 Å². The summed E-state index contributed by atoms with van der Waals surface area (Å²) in [6, 6.07) is 1.38. The molecule has 0 aliphatic heterocycles. The van der Waals surface area contributed by atoms with Crippen LogP contribution in [0.25, 0.3) is 0 Å². The van der Waals surface area contributed by atoms with Crippen LogP contribution in [-0.2, 0) is 0 Å². The number of ether oxygens (including phenoxy) is 1. The minimum atomic E-state index is -1.06. The van der Waals surface area contributed by atoms with Gasteiger partial charge in [-0.2, -0.15) is 0 Å². The molecule has 1 aliphatic rings. The Labute approximate surface area is 106 Å². The van der Waals surface area contributed by atoms with Crippen molar-refractivity contribution in [1.82, 2.24) is 4.98 Å². The van der Waals surface area contributed by atoms with Gasteiger partial charge in [0.05, 0.1) is 12.2 Å². The summed E-state index contributed by atoms with van der Waals surface area (Å²) in [4.78, 5) is 14.9. The zero-order chi connectivity index (χ0) is 13.0. The smallest absolute Gasteiger partial charge is 0.338 e. The maximum absolute atomic E-state index is 10.9. The highest BCUT2D eigenvalue weighted by molar-refractivity contribution is 5.94. The molecule has 0 unspecified atom stereocenters. The van der Waals surface area contributed by atoms with Crippen LogP contribution in [-0.4, -0.2) is 22.7 Å². The van der Waals surface area contributed by atoms with E-state index in [1.54, 1.807) is 0 Å². The third-order valence-corrected chi connectivity index (χ3v) is 3.36. The maximum atomic E-state index is 10.9. The molecule has 0 amide bonds. The van der Waals surface area contributed by atoms with E-state index in [2.05, 4.69) is 4.98 Å². The monoisotopic (exact) mass is 250 g/mol. The fraction of sp³-hybridized carbons (Fsp3) is 0.538. The molecule has 1 heterocycles. The first kappa shape index (κ1) is 12.7. The first-order chi connectivity index (χ1) is 8.68. The van der Waals surface area contributed by atoms with Crippen molar-refractivity contribution in [2.75, 3.05) is 12.3 Å². The maximum Gasteiger partial charge on any atom is 0.338 e. The van der Waals surface area contributed by atoms with Gasteiger partial charge in [-0.25, -0.2) is 9.78 Å². The molecule has 1 saturated carbocycles. The number of nitrogen functional groups attached to an aromatic ring is 1. The van der Waals surface area contributed by atoms with Crippen LogP contribution >= 0.6 is 0 Å². The Kier molecular flexibility index (Phi) is 4.02. The summed E-state index contributed by atoms with van der Waals surface area (Å²) in [6.45, 7) is 0.570. The first-order valence-electron chi connectivity index (χ1n) is 6.29. The molecule has 0 saturated heterocycles. The quantitative estimate of drug-likeness (QED) is 0.856. The van der Waals surface area contributed by atoms with E-state index in [1.165, 1.54) is 44.4 Å². The summed E-state index contributed by atoms with van der Waals surface area (Å²) in [6.07, 6.45) is 7.52. The SMILES string of the molecule is Nc1c(C(=O)O)ccnc1OCC1CCCCC1. The Balaban J connectivity index is 2.00. The Morgan fingerprint density at radius 3 is 2.83 bits per heavy atom. The van der Waals surface area contributed by atoms with Crippen molar-refractivity contribution < 1.29 is 14.6 Å². The molecule has 18 heavy (non-hydrogen) atoms. The average molecular weight is 250 g/mol. The summed E-state index contributed by atoms with van der Waals surface area (Å²) in [7, 11) is 0. The summed E-state index contributed by atoms with van der Waals surface area (Å²) >= 11 is 0. The molecule has 0 aromatic carbocycles. The zero-order valence-corrected chi connectivity index (χ0v) is 10.3. The van der Waals surface area contributed by atoms with Crippen LogP contribution in [0.2, 0.25) is 0 Å². The number of hydrogen-bond acceptors (Lipinski definition) is 4. The number of pyridine rings is 1. The van der Waals surface area contributed by atoms with E-state index in [0.717, 1.165) is 0 Å². The van der Waals surface area contributed by atoms with Crippen molar-refractivity contribution >= 4 is 11.7 Å². The molecule has 0 radical (unpaired) electrons. The molecule has 3 N–H and O–H groups in total. The fourth-order valence-corrected chi connectivity index (χ4v) is 2.31. The number of carbonyl (C=O) groups is 1.